The van der Waals surface area contributed by atoms with E-state index in [1.165, 1.54) is 0 Å². The van der Waals surface area contributed by atoms with Crippen molar-refractivity contribution in [1.29, 1.82) is 0 Å². The van der Waals surface area contributed by atoms with Crippen LogP contribution in [0.3, 0.4) is 0 Å². The quantitative estimate of drug-likeness (QED) is 0.646. The summed E-state index contributed by atoms with van der Waals surface area (Å²) in [7, 11) is 0. The molecule has 27 heavy (non-hydrogen) atoms. The summed E-state index contributed by atoms with van der Waals surface area (Å²) >= 11 is 0. The molecule has 0 unspecified atom stereocenters. The van der Waals surface area contributed by atoms with Crippen molar-refractivity contribution in [3.05, 3.63) is 77.4 Å². The number of rotatable bonds is 7. The number of aryl methyl sites for hydroxylation is 1. The van der Waals surface area contributed by atoms with Crippen LogP contribution in [0, 0.1) is 6.92 Å². The third kappa shape index (κ3) is 5.00. The molecule has 0 radical (unpaired) electrons. The van der Waals surface area contributed by atoms with Crippen molar-refractivity contribution < 1.29 is 4.79 Å². The molecule has 1 aromatic carbocycles. The first-order valence-corrected chi connectivity index (χ1v) is 9.15. The number of amides is 1. The highest BCUT2D eigenvalue weighted by Crippen LogP contribution is 2.13. The Morgan fingerprint density at radius 3 is 2.56 bits per heavy atom. The standard InChI is InChI=1S/C21H25N5O/c1-16(2)19-14-26(24-23-19)15-21(27)25(12-18-9-5-4-6-10-18)13-20-17(3)8-7-11-22-20/h4-11,14,16H,12-13,15H2,1-3H3. The number of carbonyl (C=O) groups is 1. The molecule has 0 aliphatic carbocycles. The van der Waals surface area contributed by atoms with Crippen LogP contribution in [-0.2, 0) is 24.4 Å². The fourth-order valence-electron chi connectivity index (χ4n) is 2.79. The molecule has 0 N–H and O–H groups in total. The summed E-state index contributed by atoms with van der Waals surface area (Å²) in [5.41, 5.74) is 3.95. The van der Waals surface area contributed by atoms with Gasteiger partial charge >= 0.3 is 0 Å². The zero-order valence-corrected chi connectivity index (χ0v) is 16.0. The predicted molar refractivity (Wildman–Crippen MR) is 104 cm³/mol. The van der Waals surface area contributed by atoms with Gasteiger partial charge in [-0.25, -0.2) is 4.68 Å². The molecule has 0 bridgehead atoms. The molecule has 0 spiro atoms. The van der Waals surface area contributed by atoms with Gasteiger partial charge in [-0.3, -0.25) is 9.78 Å². The van der Waals surface area contributed by atoms with Gasteiger partial charge in [0.15, 0.2) is 0 Å². The van der Waals surface area contributed by atoms with Gasteiger partial charge in [0.2, 0.25) is 5.91 Å². The molecule has 0 saturated heterocycles. The van der Waals surface area contributed by atoms with Gasteiger partial charge in [0.05, 0.1) is 17.9 Å². The highest BCUT2D eigenvalue weighted by Gasteiger charge is 2.18. The summed E-state index contributed by atoms with van der Waals surface area (Å²) in [6.45, 7) is 7.29. The van der Waals surface area contributed by atoms with Gasteiger partial charge in [-0.1, -0.05) is 55.5 Å². The number of pyridine rings is 1. The Hall–Kier alpha value is -3.02. The van der Waals surface area contributed by atoms with Crippen LogP contribution in [0.1, 0.15) is 42.3 Å². The maximum Gasteiger partial charge on any atom is 0.245 e. The predicted octanol–water partition coefficient (Wildman–Crippen LogP) is 3.33. The van der Waals surface area contributed by atoms with Crippen LogP contribution in [0.25, 0.3) is 0 Å². The van der Waals surface area contributed by atoms with E-state index in [2.05, 4.69) is 29.1 Å². The molecular weight excluding hydrogens is 338 g/mol. The Morgan fingerprint density at radius 1 is 1.11 bits per heavy atom. The number of hydrogen-bond acceptors (Lipinski definition) is 4. The topological polar surface area (TPSA) is 63.9 Å². The molecule has 0 aliphatic rings. The fourth-order valence-corrected chi connectivity index (χ4v) is 2.79. The summed E-state index contributed by atoms with van der Waals surface area (Å²) in [5, 5.41) is 8.24. The van der Waals surface area contributed by atoms with Gasteiger partial charge < -0.3 is 4.90 Å². The highest BCUT2D eigenvalue weighted by molar-refractivity contribution is 5.76. The minimum Gasteiger partial charge on any atom is -0.331 e. The first-order chi connectivity index (χ1) is 13.0. The van der Waals surface area contributed by atoms with E-state index in [-0.39, 0.29) is 18.4 Å². The summed E-state index contributed by atoms with van der Waals surface area (Å²) in [6.07, 6.45) is 3.61. The van der Waals surface area contributed by atoms with E-state index in [9.17, 15) is 4.79 Å². The van der Waals surface area contributed by atoms with Crippen LogP contribution in [0.5, 0.6) is 0 Å². The molecule has 2 aromatic heterocycles. The minimum absolute atomic E-state index is 0.0101. The molecular formula is C21H25N5O. The van der Waals surface area contributed by atoms with Crippen LogP contribution in [0.15, 0.2) is 54.9 Å². The van der Waals surface area contributed by atoms with Crippen molar-refractivity contribution in [1.82, 2.24) is 24.9 Å². The van der Waals surface area contributed by atoms with Gasteiger partial charge in [-0.2, -0.15) is 0 Å². The molecule has 140 valence electrons. The summed E-state index contributed by atoms with van der Waals surface area (Å²) in [5.74, 6) is 0.273. The zero-order valence-electron chi connectivity index (χ0n) is 16.0. The fraction of sp³-hybridized carbons (Fsp3) is 0.333. The third-order valence-electron chi connectivity index (χ3n) is 4.47. The lowest BCUT2D eigenvalue weighted by molar-refractivity contribution is -0.133. The van der Waals surface area contributed by atoms with Gasteiger partial charge in [0.1, 0.15) is 6.54 Å². The number of carbonyl (C=O) groups excluding carboxylic acids is 1. The summed E-state index contributed by atoms with van der Waals surface area (Å²) in [6, 6.07) is 13.9. The molecule has 2 heterocycles. The first kappa shape index (κ1) is 18.8. The molecule has 0 fully saturated rings. The van der Waals surface area contributed by atoms with Crippen LogP contribution >= 0.6 is 0 Å². The Labute approximate surface area is 159 Å². The second kappa shape index (κ2) is 8.58. The third-order valence-corrected chi connectivity index (χ3v) is 4.47. The molecule has 1 amide bonds. The van der Waals surface area contributed by atoms with E-state index in [0.29, 0.717) is 13.1 Å². The number of aromatic nitrogens is 4. The van der Waals surface area contributed by atoms with E-state index in [0.717, 1.165) is 22.5 Å². The summed E-state index contributed by atoms with van der Waals surface area (Å²) < 4.78 is 1.61. The monoisotopic (exact) mass is 363 g/mol. The lowest BCUT2D eigenvalue weighted by atomic mass is 10.1. The highest BCUT2D eigenvalue weighted by atomic mass is 16.2. The second-order valence-corrected chi connectivity index (χ2v) is 7.00. The first-order valence-electron chi connectivity index (χ1n) is 9.15. The lowest BCUT2D eigenvalue weighted by Crippen LogP contribution is -2.33. The minimum atomic E-state index is -0.0101. The van der Waals surface area contributed by atoms with Crippen LogP contribution in [0.4, 0.5) is 0 Å². The Kier molecular flexibility index (Phi) is 5.96. The number of hydrogen-bond donors (Lipinski definition) is 0. The van der Waals surface area contributed by atoms with Crippen molar-refractivity contribution in [3.63, 3.8) is 0 Å². The van der Waals surface area contributed by atoms with Crippen molar-refractivity contribution >= 4 is 5.91 Å². The van der Waals surface area contributed by atoms with E-state index in [4.69, 9.17) is 0 Å². The van der Waals surface area contributed by atoms with Gasteiger partial charge in [0.25, 0.3) is 0 Å². The zero-order chi connectivity index (χ0) is 19.2. The smallest absolute Gasteiger partial charge is 0.245 e. The van der Waals surface area contributed by atoms with Gasteiger partial charge in [-0.15, -0.1) is 5.10 Å². The van der Waals surface area contributed by atoms with Gasteiger partial charge in [-0.05, 0) is 30.0 Å². The molecule has 3 aromatic rings. The second-order valence-electron chi connectivity index (χ2n) is 7.00. The Morgan fingerprint density at radius 2 is 1.89 bits per heavy atom. The number of benzene rings is 1. The van der Waals surface area contributed by atoms with Crippen molar-refractivity contribution in [2.75, 3.05) is 0 Å². The van der Waals surface area contributed by atoms with E-state index < -0.39 is 0 Å². The Balaban J connectivity index is 1.79. The SMILES string of the molecule is Cc1cccnc1CN(Cc1ccccc1)C(=O)Cn1cc(C(C)C)nn1. The molecule has 0 aliphatic heterocycles. The average molecular weight is 363 g/mol. The lowest BCUT2D eigenvalue weighted by Gasteiger charge is -2.23. The van der Waals surface area contributed by atoms with Crippen LogP contribution in [0.2, 0.25) is 0 Å². The molecule has 3 rings (SSSR count). The van der Waals surface area contributed by atoms with Crippen molar-refractivity contribution in [2.24, 2.45) is 0 Å². The molecule has 6 heteroatoms. The molecule has 0 saturated carbocycles. The van der Waals surface area contributed by atoms with Crippen molar-refractivity contribution in [3.8, 4) is 0 Å². The van der Waals surface area contributed by atoms with Crippen molar-refractivity contribution in [2.45, 2.75) is 46.3 Å². The van der Waals surface area contributed by atoms with E-state index >= 15 is 0 Å². The maximum atomic E-state index is 13.0. The Bertz CT molecular complexity index is 888. The molecule has 6 nitrogen and oxygen atoms in total. The van der Waals surface area contributed by atoms with Crippen LogP contribution < -0.4 is 0 Å². The maximum absolute atomic E-state index is 13.0. The summed E-state index contributed by atoms with van der Waals surface area (Å²) in [4.78, 5) is 19.3. The largest absolute Gasteiger partial charge is 0.331 e. The van der Waals surface area contributed by atoms with E-state index in [1.54, 1.807) is 10.9 Å². The van der Waals surface area contributed by atoms with E-state index in [1.807, 2.05) is 60.5 Å². The number of nitrogens with zero attached hydrogens (tertiary/aromatic N) is 5. The van der Waals surface area contributed by atoms with Gasteiger partial charge in [0, 0.05) is 18.9 Å². The van der Waals surface area contributed by atoms with Crippen LogP contribution in [-0.4, -0.2) is 30.8 Å². The normalized spacial score (nSPS) is 11.0. The molecule has 0 atom stereocenters. The average Bonchev–Trinajstić information content (AvgIpc) is 3.12.